The van der Waals surface area contributed by atoms with Crippen molar-refractivity contribution in [3.8, 4) is 5.75 Å². The van der Waals surface area contributed by atoms with E-state index in [0.717, 1.165) is 4.31 Å². The van der Waals surface area contributed by atoms with E-state index in [1.807, 2.05) is 0 Å². The molecule has 0 heterocycles. The van der Waals surface area contributed by atoms with Crippen molar-refractivity contribution in [2.24, 2.45) is 0 Å². The molecule has 0 atom stereocenters. The summed E-state index contributed by atoms with van der Waals surface area (Å²) in [7, 11) is -1.04. The smallest absolute Gasteiger partial charge is 0.371 e. The zero-order valence-corrected chi connectivity index (χ0v) is 10.6. The molecular weight excluding hydrogens is 244 g/mol. The highest BCUT2D eigenvalue weighted by Crippen LogP contribution is 2.19. The van der Waals surface area contributed by atoms with Crippen molar-refractivity contribution >= 4 is 21.9 Å². The van der Waals surface area contributed by atoms with E-state index in [1.165, 1.54) is 33.2 Å². The number of nitrogens with one attached hydrogen (secondary N) is 1. The summed E-state index contributed by atoms with van der Waals surface area (Å²) in [5.41, 5.74) is 0.476. The molecule has 0 radical (unpaired) electrons. The Balaban J connectivity index is 2.90. The van der Waals surface area contributed by atoms with Crippen LogP contribution in [0.15, 0.2) is 24.3 Å². The molecule has 6 nitrogen and oxygen atoms in total. The van der Waals surface area contributed by atoms with Gasteiger partial charge in [0.05, 0.1) is 0 Å². The highest BCUT2D eigenvalue weighted by atomic mass is 32.2. The fraction of sp³-hybridized carbons (Fsp3) is 0.300. The number of carbonyl (C=O) groups excluding carboxylic acids is 1. The fourth-order valence-electron chi connectivity index (χ4n) is 1.03. The summed E-state index contributed by atoms with van der Waals surface area (Å²) in [5, 5.41) is 2.53. The molecule has 0 unspecified atom stereocenters. The van der Waals surface area contributed by atoms with Crippen LogP contribution in [0.5, 0.6) is 5.75 Å². The second kappa shape index (κ2) is 5.15. The van der Waals surface area contributed by atoms with Gasteiger partial charge in [-0.25, -0.2) is 0 Å². The molecule has 1 aromatic rings. The number of anilines is 1. The Morgan fingerprint density at radius 3 is 2.53 bits per heavy atom. The lowest BCUT2D eigenvalue weighted by Gasteiger charge is -2.12. The fourth-order valence-corrected chi connectivity index (χ4v) is 1.52. The maximum atomic E-state index is 11.4. The Bertz CT molecular complexity index is 511. The van der Waals surface area contributed by atoms with Gasteiger partial charge in [0.25, 0.3) is 0 Å². The summed E-state index contributed by atoms with van der Waals surface area (Å²) in [6.07, 6.45) is 0. The van der Waals surface area contributed by atoms with Crippen LogP contribution < -0.4 is 9.50 Å². The van der Waals surface area contributed by atoms with Gasteiger partial charge in [0.2, 0.25) is 5.91 Å². The van der Waals surface area contributed by atoms with Gasteiger partial charge in [-0.3, -0.25) is 4.79 Å². The lowest BCUT2D eigenvalue weighted by atomic mass is 10.3. The van der Waals surface area contributed by atoms with Crippen molar-refractivity contribution in [3.63, 3.8) is 0 Å². The molecule has 7 heteroatoms. The molecule has 0 fully saturated rings. The minimum absolute atomic E-state index is 0.143. The topological polar surface area (TPSA) is 75.7 Å². The number of hydrogen-bond acceptors (Lipinski definition) is 4. The van der Waals surface area contributed by atoms with Crippen LogP contribution in [0.1, 0.15) is 6.92 Å². The van der Waals surface area contributed by atoms with E-state index >= 15 is 0 Å². The van der Waals surface area contributed by atoms with Gasteiger partial charge in [0.1, 0.15) is 5.75 Å². The summed E-state index contributed by atoms with van der Waals surface area (Å²) in [6.45, 7) is 1.37. The van der Waals surface area contributed by atoms with Gasteiger partial charge in [-0.15, -0.1) is 0 Å². The van der Waals surface area contributed by atoms with Gasteiger partial charge in [0, 0.05) is 32.8 Å². The highest BCUT2D eigenvalue weighted by Gasteiger charge is 2.15. The number of benzene rings is 1. The van der Waals surface area contributed by atoms with E-state index in [4.69, 9.17) is 4.18 Å². The average Bonchev–Trinajstić information content (AvgIpc) is 2.15. The van der Waals surface area contributed by atoms with Crippen LogP contribution in [-0.2, 0) is 15.1 Å². The first-order chi connectivity index (χ1) is 7.81. The lowest BCUT2D eigenvalue weighted by molar-refractivity contribution is -0.114. The first-order valence-electron chi connectivity index (χ1n) is 4.81. The van der Waals surface area contributed by atoms with Crippen molar-refractivity contribution in [3.05, 3.63) is 24.3 Å². The molecule has 0 saturated heterocycles. The van der Waals surface area contributed by atoms with Gasteiger partial charge < -0.3 is 9.50 Å². The summed E-state index contributed by atoms with van der Waals surface area (Å²) in [6, 6.07) is 6.15. The van der Waals surface area contributed by atoms with E-state index in [0.29, 0.717) is 5.69 Å². The SMILES string of the molecule is CC(=O)Nc1cccc(OS(=O)(=O)N(C)C)c1. The summed E-state index contributed by atoms with van der Waals surface area (Å²) >= 11 is 0. The second-order valence-corrected chi connectivity index (χ2v) is 5.28. The summed E-state index contributed by atoms with van der Waals surface area (Å²) in [4.78, 5) is 10.8. The van der Waals surface area contributed by atoms with Crippen molar-refractivity contribution in [1.29, 1.82) is 0 Å². The molecule has 0 spiro atoms. The van der Waals surface area contributed by atoms with Crippen molar-refractivity contribution in [1.82, 2.24) is 4.31 Å². The standard InChI is InChI=1S/C10H14N2O4S/c1-8(13)11-9-5-4-6-10(7-9)16-17(14,15)12(2)3/h4-7H,1-3H3,(H,11,13). The minimum atomic E-state index is -3.78. The van der Waals surface area contributed by atoms with Gasteiger partial charge in [-0.05, 0) is 12.1 Å². The number of nitrogens with zero attached hydrogens (tertiary/aromatic N) is 1. The number of amides is 1. The van der Waals surface area contributed by atoms with Crippen LogP contribution in [0, 0.1) is 0 Å². The zero-order valence-electron chi connectivity index (χ0n) is 9.80. The number of carbonyl (C=O) groups is 1. The Labute approximate surface area is 100 Å². The Kier molecular flexibility index (Phi) is 4.08. The van der Waals surface area contributed by atoms with Gasteiger partial charge in [-0.1, -0.05) is 6.07 Å². The molecule has 0 aromatic heterocycles. The van der Waals surface area contributed by atoms with E-state index in [-0.39, 0.29) is 11.7 Å². The molecule has 1 N–H and O–H groups in total. The molecule has 0 aliphatic heterocycles. The third-order valence-corrected chi connectivity index (χ3v) is 3.10. The highest BCUT2D eigenvalue weighted by molar-refractivity contribution is 7.84. The molecule has 94 valence electrons. The van der Waals surface area contributed by atoms with Crippen molar-refractivity contribution in [2.45, 2.75) is 6.92 Å². The maximum Gasteiger partial charge on any atom is 0.384 e. The Morgan fingerprint density at radius 1 is 1.35 bits per heavy atom. The molecule has 1 amide bonds. The van der Waals surface area contributed by atoms with Crippen molar-refractivity contribution in [2.75, 3.05) is 19.4 Å². The lowest BCUT2D eigenvalue weighted by Crippen LogP contribution is -2.27. The van der Waals surface area contributed by atoms with E-state index in [2.05, 4.69) is 5.32 Å². The Morgan fingerprint density at radius 2 is 2.00 bits per heavy atom. The second-order valence-electron chi connectivity index (χ2n) is 3.53. The quantitative estimate of drug-likeness (QED) is 0.868. The summed E-state index contributed by atoms with van der Waals surface area (Å²) in [5.74, 6) is -0.0948. The molecule has 0 aliphatic rings. The van der Waals surface area contributed by atoms with Gasteiger partial charge in [-0.2, -0.15) is 12.7 Å². The molecule has 1 rings (SSSR count). The first-order valence-corrected chi connectivity index (χ1v) is 6.17. The van der Waals surface area contributed by atoms with Crippen LogP contribution in [0.25, 0.3) is 0 Å². The largest absolute Gasteiger partial charge is 0.384 e. The molecule has 0 aliphatic carbocycles. The average molecular weight is 258 g/mol. The molecule has 17 heavy (non-hydrogen) atoms. The Hall–Kier alpha value is -1.60. The third-order valence-electron chi connectivity index (χ3n) is 1.80. The zero-order chi connectivity index (χ0) is 13.1. The number of rotatable bonds is 4. The third kappa shape index (κ3) is 4.04. The predicted molar refractivity (Wildman–Crippen MR) is 64.0 cm³/mol. The molecule has 0 bridgehead atoms. The molecule has 1 aromatic carbocycles. The van der Waals surface area contributed by atoms with Crippen LogP contribution in [0.3, 0.4) is 0 Å². The molecule has 0 saturated carbocycles. The van der Waals surface area contributed by atoms with Crippen LogP contribution in [-0.4, -0.2) is 32.7 Å². The number of hydrogen-bond donors (Lipinski definition) is 1. The molecular formula is C10H14N2O4S. The van der Waals surface area contributed by atoms with Gasteiger partial charge >= 0.3 is 10.3 Å². The van der Waals surface area contributed by atoms with Crippen molar-refractivity contribution < 1.29 is 17.4 Å². The first kappa shape index (κ1) is 13.5. The summed E-state index contributed by atoms with van der Waals surface area (Å²) < 4.78 is 28.7. The maximum absolute atomic E-state index is 11.4. The predicted octanol–water partition coefficient (Wildman–Crippen LogP) is 0.830. The van der Waals surface area contributed by atoms with E-state index in [9.17, 15) is 13.2 Å². The minimum Gasteiger partial charge on any atom is -0.371 e. The van der Waals surface area contributed by atoms with Crippen LogP contribution >= 0.6 is 0 Å². The van der Waals surface area contributed by atoms with E-state index in [1.54, 1.807) is 12.1 Å². The van der Waals surface area contributed by atoms with Crippen LogP contribution in [0.4, 0.5) is 5.69 Å². The van der Waals surface area contributed by atoms with E-state index < -0.39 is 10.3 Å². The normalized spacial score (nSPS) is 11.3. The monoisotopic (exact) mass is 258 g/mol. The van der Waals surface area contributed by atoms with Crippen LogP contribution in [0.2, 0.25) is 0 Å². The van der Waals surface area contributed by atoms with Gasteiger partial charge in [0.15, 0.2) is 0 Å².